The van der Waals surface area contributed by atoms with Gasteiger partial charge in [0.1, 0.15) is 0 Å². The summed E-state index contributed by atoms with van der Waals surface area (Å²) in [6.45, 7) is 5.83. The molecule has 1 fully saturated rings. The first-order valence-electron chi connectivity index (χ1n) is 10.6. The molecule has 0 radical (unpaired) electrons. The van der Waals surface area contributed by atoms with Crippen LogP contribution in [-0.4, -0.2) is 22.5 Å². The fourth-order valence-electron chi connectivity index (χ4n) is 3.96. The number of amides is 1. The van der Waals surface area contributed by atoms with E-state index in [9.17, 15) is 4.79 Å². The van der Waals surface area contributed by atoms with E-state index >= 15 is 0 Å². The highest BCUT2D eigenvalue weighted by molar-refractivity contribution is 7.99. The highest BCUT2D eigenvalue weighted by atomic mass is 32.2. The number of carbonyl (C=O) groups is 1. The van der Waals surface area contributed by atoms with Crippen LogP contribution in [-0.2, 0) is 4.74 Å². The number of aromatic nitrogens is 1. The van der Waals surface area contributed by atoms with Crippen molar-refractivity contribution in [3.05, 3.63) is 42.5 Å². The van der Waals surface area contributed by atoms with Gasteiger partial charge in [0.25, 0.3) is 0 Å². The van der Waals surface area contributed by atoms with Gasteiger partial charge >= 0.3 is 6.09 Å². The SMILES string of the molecule is CCSc1ccc2c(N)c(-c3ccc(NC(=O)OC(C)C)cc3)n(C3CCC3)c2c1. The summed E-state index contributed by atoms with van der Waals surface area (Å²) >= 11 is 1.85. The molecular formula is C24H29N3O2S. The number of nitrogen functional groups attached to an aromatic ring is 1. The molecule has 0 saturated heterocycles. The van der Waals surface area contributed by atoms with Crippen molar-refractivity contribution in [1.29, 1.82) is 0 Å². The topological polar surface area (TPSA) is 69.3 Å². The molecule has 5 nitrogen and oxygen atoms in total. The summed E-state index contributed by atoms with van der Waals surface area (Å²) in [5.74, 6) is 1.05. The number of nitrogens with one attached hydrogen (secondary N) is 1. The largest absolute Gasteiger partial charge is 0.447 e. The normalized spacial score (nSPS) is 14.1. The lowest BCUT2D eigenvalue weighted by molar-refractivity contribution is 0.130. The number of anilines is 2. The molecule has 30 heavy (non-hydrogen) atoms. The van der Waals surface area contributed by atoms with Crippen LogP contribution in [0, 0.1) is 0 Å². The second-order valence-corrected chi connectivity index (χ2v) is 9.32. The summed E-state index contributed by atoms with van der Waals surface area (Å²) in [5, 5.41) is 3.88. The maximum absolute atomic E-state index is 11.9. The maximum atomic E-state index is 11.9. The van der Waals surface area contributed by atoms with Gasteiger partial charge in [-0.25, -0.2) is 4.79 Å². The summed E-state index contributed by atoms with van der Waals surface area (Å²) in [5.41, 5.74) is 11.5. The minimum Gasteiger partial charge on any atom is -0.447 e. The Kier molecular flexibility index (Phi) is 5.95. The van der Waals surface area contributed by atoms with E-state index in [4.69, 9.17) is 10.5 Å². The lowest BCUT2D eigenvalue weighted by Gasteiger charge is -2.30. The van der Waals surface area contributed by atoms with Crippen LogP contribution in [0.1, 0.15) is 46.1 Å². The number of hydrogen-bond donors (Lipinski definition) is 2. The van der Waals surface area contributed by atoms with Gasteiger partial charge < -0.3 is 15.0 Å². The molecule has 0 bridgehead atoms. The van der Waals surface area contributed by atoms with Crippen molar-refractivity contribution < 1.29 is 9.53 Å². The zero-order chi connectivity index (χ0) is 21.3. The van der Waals surface area contributed by atoms with Crippen molar-refractivity contribution in [1.82, 2.24) is 4.57 Å². The van der Waals surface area contributed by atoms with E-state index in [2.05, 4.69) is 35.0 Å². The van der Waals surface area contributed by atoms with Gasteiger partial charge in [-0.3, -0.25) is 5.32 Å². The molecule has 1 heterocycles. The molecule has 0 atom stereocenters. The quantitative estimate of drug-likeness (QED) is 0.434. The van der Waals surface area contributed by atoms with Crippen molar-refractivity contribution in [2.24, 2.45) is 0 Å². The Morgan fingerprint density at radius 3 is 2.57 bits per heavy atom. The molecule has 1 saturated carbocycles. The van der Waals surface area contributed by atoms with E-state index < -0.39 is 6.09 Å². The van der Waals surface area contributed by atoms with Crippen LogP contribution in [0.3, 0.4) is 0 Å². The summed E-state index contributed by atoms with van der Waals surface area (Å²) in [7, 11) is 0. The molecule has 2 aromatic carbocycles. The Balaban J connectivity index is 1.72. The minimum atomic E-state index is -0.443. The van der Waals surface area contributed by atoms with Crippen LogP contribution in [0.5, 0.6) is 0 Å². The molecule has 1 amide bonds. The van der Waals surface area contributed by atoms with Gasteiger partial charge in [-0.2, -0.15) is 0 Å². The number of ether oxygens (including phenoxy) is 1. The van der Waals surface area contributed by atoms with Gasteiger partial charge in [-0.15, -0.1) is 11.8 Å². The van der Waals surface area contributed by atoms with Crippen LogP contribution in [0.2, 0.25) is 0 Å². The predicted molar refractivity (Wildman–Crippen MR) is 126 cm³/mol. The third kappa shape index (κ3) is 4.01. The highest BCUT2D eigenvalue weighted by Gasteiger charge is 2.27. The minimum absolute atomic E-state index is 0.155. The lowest BCUT2D eigenvalue weighted by Crippen LogP contribution is -2.18. The van der Waals surface area contributed by atoms with Gasteiger partial charge in [0.05, 0.1) is 23.0 Å². The van der Waals surface area contributed by atoms with Crippen LogP contribution in [0.15, 0.2) is 47.4 Å². The fraction of sp³-hybridized carbons (Fsp3) is 0.375. The van der Waals surface area contributed by atoms with Crippen molar-refractivity contribution in [3.63, 3.8) is 0 Å². The first-order chi connectivity index (χ1) is 14.5. The van der Waals surface area contributed by atoms with Gasteiger partial charge in [0.15, 0.2) is 0 Å². The Morgan fingerprint density at radius 1 is 1.23 bits per heavy atom. The van der Waals surface area contributed by atoms with E-state index in [1.165, 1.54) is 29.7 Å². The van der Waals surface area contributed by atoms with Crippen molar-refractivity contribution in [2.45, 2.75) is 57.1 Å². The van der Waals surface area contributed by atoms with Gasteiger partial charge in [-0.05, 0) is 69.2 Å². The molecule has 3 aromatic rings. The molecule has 6 heteroatoms. The van der Waals surface area contributed by atoms with Crippen molar-refractivity contribution in [2.75, 3.05) is 16.8 Å². The number of benzene rings is 2. The number of hydrogen-bond acceptors (Lipinski definition) is 4. The number of thioether (sulfide) groups is 1. The molecule has 0 spiro atoms. The second-order valence-electron chi connectivity index (χ2n) is 7.99. The third-order valence-corrected chi connectivity index (χ3v) is 6.39. The predicted octanol–water partition coefficient (Wildman–Crippen LogP) is 6.68. The number of rotatable bonds is 6. The van der Waals surface area contributed by atoms with E-state index in [0.29, 0.717) is 11.7 Å². The molecule has 4 rings (SSSR count). The number of fused-ring (bicyclic) bond motifs is 1. The zero-order valence-corrected chi connectivity index (χ0v) is 18.6. The Bertz CT molecular complexity index is 1050. The van der Waals surface area contributed by atoms with Gasteiger partial charge in [0.2, 0.25) is 0 Å². The van der Waals surface area contributed by atoms with Crippen LogP contribution < -0.4 is 11.1 Å². The number of nitrogens with two attached hydrogens (primary N) is 1. The van der Waals surface area contributed by atoms with E-state index in [1.54, 1.807) is 0 Å². The second kappa shape index (κ2) is 8.64. The van der Waals surface area contributed by atoms with Gasteiger partial charge in [-0.1, -0.05) is 19.1 Å². The summed E-state index contributed by atoms with van der Waals surface area (Å²) in [4.78, 5) is 13.1. The smallest absolute Gasteiger partial charge is 0.411 e. The monoisotopic (exact) mass is 423 g/mol. The highest BCUT2D eigenvalue weighted by Crippen LogP contribution is 2.44. The summed E-state index contributed by atoms with van der Waals surface area (Å²) in [6.07, 6.45) is 3.03. The molecule has 1 aliphatic rings. The molecule has 3 N–H and O–H groups in total. The van der Waals surface area contributed by atoms with Crippen LogP contribution in [0.4, 0.5) is 16.2 Å². The number of nitrogens with zero attached hydrogens (tertiary/aromatic N) is 1. The van der Waals surface area contributed by atoms with E-state index in [0.717, 1.165) is 28.1 Å². The van der Waals surface area contributed by atoms with Crippen molar-refractivity contribution in [3.8, 4) is 11.3 Å². The molecule has 1 aromatic heterocycles. The maximum Gasteiger partial charge on any atom is 0.411 e. The average Bonchev–Trinajstić information content (AvgIpc) is 2.93. The fourth-order valence-corrected chi connectivity index (χ4v) is 4.66. The van der Waals surface area contributed by atoms with Crippen molar-refractivity contribution >= 4 is 40.1 Å². The standard InChI is InChI=1S/C24H29N3O2S/c1-4-30-19-12-13-20-21(14-19)27(18-6-5-7-18)23(22(20)25)16-8-10-17(11-9-16)26-24(28)29-15(2)3/h8-15,18H,4-7,25H2,1-3H3,(H,26,28). The van der Waals surface area contributed by atoms with Gasteiger partial charge in [0, 0.05) is 27.6 Å². The third-order valence-electron chi connectivity index (χ3n) is 5.51. The molecule has 0 unspecified atom stereocenters. The first-order valence-corrected chi connectivity index (χ1v) is 11.6. The Labute approximate surface area is 182 Å². The zero-order valence-electron chi connectivity index (χ0n) is 17.8. The lowest BCUT2D eigenvalue weighted by atomic mass is 9.92. The average molecular weight is 424 g/mol. The Hall–Kier alpha value is -2.60. The molecule has 1 aliphatic carbocycles. The Morgan fingerprint density at radius 2 is 1.97 bits per heavy atom. The molecule has 0 aliphatic heterocycles. The van der Waals surface area contributed by atoms with Crippen LogP contribution >= 0.6 is 11.8 Å². The van der Waals surface area contributed by atoms with E-state index in [-0.39, 0.29) is 6.10 Å². The number of carbonyl (C=O) groups excluding carboxylic acids is 1. The summed E-state index contributed by atoms with van der Waals surface area (Å²) < 4.78 is 7.59. The molecular weight excluding hydrogens is 394 g/mol. The summed E-state index contributed by atoms with van der Waals surface area (Å²) in [6, 6.07) is 14.9. The van der Waals surface area contributed by atoms with E-state index in [1.807, 2.05) is 49.9 Å². The van der Waals surface area contributed by atoms with Crippen LogP contribution in [0.25, 0.3) is 22.2 Å². The molecule has 158 valence electrons. The first kappa shape index (κ1) is 20.7.